The lowest BCUT2D eigenvalue weighted by molar-refractivity contribution is 0.588. The van der Waals surface area contributed by atoms with E-state index in [0.717, 1.165) is 50.0 Å². The SMILES string of the molecule is CN=C(NCCCCn1ccnc1C)NCc1c(C)nn(C)c1C. The van der Waals surface area contributed by atoms with Gasteiger partial charge in [-0.25, -0.2) is 4.98 Å². The van der Waals surface area contributed by atoms with Gasteiger partial charge in [-0.3, -0.25) is 9.67 Å². The number of aliphatic imine (C=N–C) groups is 1. The van der Waals surface area contributed by atoms with E-state index < -0.39 is 0 Å². The molecule has 24 heavy (non-hydrogen) atoms. The first kappa shape index (κ1) is 18.0. The lowest BCUT2D eigenvalue weighted by Crippen LogP contribution is -2.37. The molecule has 2 aromatic heterocycles. The van der Waals surface area contributed by atoms with Gasteiger partial charge in [-0.05, 0) is 33.6 Å². The summed E-state index contributed by atoms with van der Waals surface area (Å²) in [5.41, 5.74) is 3.48. The molecular formula is C17H29N7. The maximum Gasteiger partial charge on any atom is 0.191 e. The van der Waals surface area contributed by atoms with E-state index >= 15 is 0 Å². The van der Waals surface area contributed by atoms with Crippen LogP contribution in [0.4, 0.5) is 0 Å². The number of hydrogen-bond donors (Lipinski definition) is 2. The number of aromatic nitrogens is 4. The van der Waals surface area contributed by atoms with Crippen molar-refractivity contribution in [2.24, 2.45) is 12.0 Å². The topological polar surface area (TPSA) is 72.1 Å². The second kappa shape index (κ2) is 8.52. The molecule has 0 bridgehead atoms. The zero-order valence-corrected chi connectivity index (χ0v) is 15.4. The van der Waals surface area contributed by atoms with E-state index in [-0.39, 0.29) is 0 Å². The van der Waals surface area contributed by atoms with Crippen molar-refractivity contribution in [3.63, 3.8) is 0 Å². The molecule has 132 valence electrons. The molecule has 2 N–H and O–H groups in total. The minimum absolute atomic E-state index is 0.736. The van der Waals surface area contributed by atoms with E-state index in [2.05, 4.69) is 37.2 Å². The molecule has 0 unspecified atom stereocenters. The first-order valence-corrected chi connectivity index (χ1v) is 8.44. The van der Waals surface area contributed by atoms with E-state index in [4.69, 9.17) is 0 Å². The summed E-state index contributed by atoms with van der Waals surface area (Å²) in [7, 11) is 3.77. The fourth-order valence-corrected chi connectivity index (χ4v) is 2.72. The molecule has 0 aliphatic rings. The fraction of sp³-hybridized carbons (Fsp3) is 0.588. The van der Waals surface area contributed by atoms with Gasteiger partial charge in [0.05, 0.1) is 5.69 Å². The van der Waals surface area contributed by atoms with Crippen LogP contribution >= 0.6 is 0 Å². The zero-order chi connectivity index (χ0) is 17.5. The molecular weight excluding hydrogens is 302 g/mol. The minimum Gasteiger partial charge on any atom is -0.356 e. The number of aryl methyl sites for hydroxylation is 4. The van der Waals surface area contributed by atoms with Gasteiger partial charge in [-0.15, -0.1) is 0 Å². The molecule has 0 aromatic carbocycles. The van der Waals surface area contributed by atoms with E-state index in [1.165, 1.54) is 11.3 Å². The number of nitrogens with one attached hydrogen (secondary N) is 2. The van der Waals surface area contributed by atoms with Crippen LogP contribution in [0.3, 0.4) is 0 Å². The van der Waals surface area contributed by atoms with Gasteiger partial charge in [0.2, 0.25) is 0 Å². The molecule has 2 aromatic rings. The molecule has 0 aliphatic carbocycles. The van der Waals surface area contributed by atoms with Crippen LogP contribution in [0.1, 0.15) is 35.6 Å². The third-order valence-electron chi connectivity index (χ3n) is 4.36. The summed E-state index contributed by atoms with van der Waals surface area (Å²) in [6.45, 7) is 8.81. The molecule has 0 spiro atoms. The molecule has 0 saturated carbocycles. The second-order valence-electron chi connectivity index (χ2n) is 6.00. The van der Waals surface area contributed by atoms with Crippen LogP contribution in [0.5, 0.6) is 0 Å². The van der Waals surface area contributed by atoms with Crippen molar-refractivity contribution < 1.29 is 0 Å². The van der Waals surface area contributed by atoms with Crippen LogP contribution in [0.2, 0.25) is 0 Å². The first-order valence-electron chi connectivity index (χ1n) is 8.44. The molecule has 7 heteroatoms. The Bertz CT molecular complexity index is 681. The van der Waals surface area contributed by atoms with Gasteiger partial charge in [0.15, 0.2) is 5.96 Å². The zero-order valence-electron chi connectivity index (χ0n) is 15.4. The molecule has 0 atom stereocenters. The Kier molecular flexibility index (Phi) is 6.40. The highest BCUT2D eigenvalue weighted by Crippen LogP contribution is 2.10. The molecule has 0 fully saturated rings. The summed E-state index contributed by atoms with van der Waals surface area (Å²) >= 11 is 0. The van der Waals surface area contributed by atoms with Gasteiger partial charge in [0, 0.05) is 57.4 Å². The van der Waals surface area contributed by atoms with Crippen molar-refractivity contribution >= 4 is 5.96 Å². The van der Waals surface area contributed by atoms with E-state index in [1.54, 1.807) is 7.05 Å². The van der Waals surface area contributed by atoms with Crippen molar-refractivity contribution in [2.75, 3.05) is 13.6 Å². The average Bonchev–Trinajstić information content (AvgIpc) is 3.07. The summed E-state index contributed by atoms with van der Waals surface area (Å²) in [5, 5.41) is 11.2. The van der Waals surface area contributed by atoms with Gasteiger partial charge in [0.1, 0.15) is 5.82 Å². The van der Waals surface area contributed by atoms with Crippen molar-refractivity contribution in [1.82, 2.24) is 30.0 Å². The number of rotatable bonds is 7. The number of imidazole rings is 1. The van der Waals surface area contributed by atoms with E-state index in [0.29, 0.717) is 0 Å². The number of nitrogens with zero attached hydrogens (tertiary/aromatic N) is 5. The molecule has 2 rings (SSSR count). The summed E-state index contributed by atoms with van der Waals surface area (Å²) < 4.78 is 4.10. The smallest absolute Gasteiger partial charge is 0.191 e. The number of hydrogen-bond acceptors (Lipinski definition) is 3. The Morgan fingerprint density at radius 2 is 2.00 bits per heavy atom. The molecule has 0 saturated heterocycles. The Balaban J connectivity index is 1.70. The summed E-state index contributed by atoms with van der Waals surface area (Å²) in [4.78, 5) is 8.52. The highest BCUT2D eigenvalue weighted by atomic mass is 15.3. The van der Waals surface area contributed by atoms with Gasteiger partial charge in [-0.2, -0.15) is 5.10 Å². The van der Waals surface area contributed by atoms with Crippen LogP contribution < -0.4 is 10.6 Å². The summed E-state index contributed by atoms with van der Waals surface area (Å²) in [6, 6.07) is 0. The Hall–Kier alpha value is -2.31. The van der Waals surface area contributed by atoms with Crippen molar-refractivity contribution in [3.8, 4) is 0 Å². The Labute approximate surface area is 144 Å². The maximum absolute atomic E-state index is 4.44. The van der Waals surface area contributed by atoms with Crippen LogP contribution in [0, 0.1) is 20.8 Å². The Morgan fingerprint density at radius 3 is 2.58 bits per heavy atom. The van der Waals surface area contributed by atoms with Crippen LogP contribution in [0.25, 0.3) is 0 Å². The third kappa shape index (κ3) is 4.59. The van der Waals surface area contributed by atoms with Crippen LogP contribution in [-0.4, -0.2) is 38.9 Å². The largest absolute Gasteiger partial charge is 0.356 e. The first-order chi connectivity index (χ1) is 11.5. The predicted octanol–water partition coefficient (Wildman–Crippen LogP) is 1.69. The summed E-state index contributed by atoms with van der Waals surface area (Å²) in [5.74, 6) is 1.90. The van der Waals surface area contributed by atoms with Crippen molar-refractivity contribution in [3.05, 3.63) is 35.2 Å². The highest BCUT2D eigenvalue weighted by Gasteiger charge is 2.09. The number of guanidine groups is 1. The molecule has 0 radical (unpaired) electrons. The van der Waals surface area contributed by atoms with Crippen LogP contribution in [-0.2, 0) is 20.1 Å². The highest BCUT2D eigenvalue weighted by molar-refractivity contribution is 5.79. The molecule has 0 aliphatic heterocycles. The lowest BCUT2D eigenvalue weighted by atomic mass is 10.2. The second-order valence-corrected chi connectivity index (χ2v) is 6.00. The number of unbranched alkanes of at least 4 members (excludes halogenated alkanes) is 1. The molecule has 7 nitrogen and oxygen atoms in total. The normalized spacial score (nSPS) is 11.8. The maximum atomic E-state index is 4.44. The lowest BCUT2D eigenvalue weighted by Gasteiger charge is -2.12. The van der Waals surface area contributed by atoms with E-state index in [9.17, 15) is 0 Å². The molecule has 2 heterocycles. The van der Waals surface area contributed by atoms with E-state index in [1.807, 2.05) is 38.0 Å². The quantitative estimate of drug-likeness (QED) is 0.460. The fourth-order valence-electron chi connectivity index (χ4n) is 2.72. The van der Waals surface area contributed by atoms with Gasteiger partial charge < -0.3 is 15.2 Å². The van der Waals surface area contributed by atoms with Crippen LogP contribution in [0.15, 0.2) is 17.4 Å². The van der Waals surface area contributed by atoms with Gasteiger partial charge in [0.25, 0.3) is 0 Å². The molecule has 0 amide bonds. The third-order valence-corrected chi connectivity index (χ3v) is 4.36. The monoisotopic (exact) mass is 331 g/mol. The van der Waals surface area contributed by atoms with Gasteiger partial charge in [-0.1, -0.05) is 0 Å². The van der Waals surface area contributed by atoms with Crippen molar-refractivity contribution in [1.29, 1.82) is 0 Å². The predicted molar refractivity (Wildman–Crippen MR) is 97.1 cm³/mol. The standard InChI is InChI=1S/C17H29N7/c1-13-16(14(2)23(5)22-13)12-21-17(18-4)20-8-6-7-10-24-11-9-19-15(24)3/h9,11H,6-8,10,12H2,1-5H3,(H2,18,20,21). The Morgan fingerprint density at radius 1 is 1.21 bits per heavy atom. The summed E-state index contributed by atoms with van der Waals surface area (Å²) in [6.07, 6.45) is 6.08. The van der Waals surface area contributed by atoms with Gasteiger partial charge >= 0.3 is 0 Å². The average molecular weight is 331 g/mol. The minimum atomic E-state index is 0.736. The van der Waals surface area contributed by atoms with Crippen molar-refractivity contribution in [2.45, 2.75) is 46.7 Å².